The van der Waals surface area contributed by atoms with E-state index in [1.165, 1.54) is 0 Å². The van der Waals surface area contributed by atoms with Crippen LogP contribution >= 0.6 is 11.6 Å². The second-order valence-electron chi connectivity index (χ2n) is 5.68. The second-order valence-corrected chi connectivity index (χ2v) is 6.08. The first kappa shape index (κ1) is 17.6. The largest absolute Gasteiger partial charge is 0.494 e. The molecule has 1 N–H and O–H groups in total. The summed E-state index contributed by atoms with van der Waals surface area (Å²) in [5.41, 5.74) is 2.20. The molecule has 0 aliphatic carbocycles. The molecule has 1 fully saturated rings. The van der Waals surface area contributed by atoms with Crippen LogP contribution in [-0.2, 0) is 4.74 Å². The van der Waals surface area contributed by atoms with Crippen LogP contribution in [0.2, 0.25) is 5.02 Å². The van der Waals surface area contributed by atoms with Gasteiger partial charge in [0.05, 0.1) is 30.5 Å². The van der Waals surface area contributed by atoms with Crippen LogP contribution in [0.25, 0.3) is 0 Å². The molecule has 0 atom stereocenters. The first-order chi connectivity index (χ1) is 12.2. The highest BCUT2D eigenvalue weighted by Crippen LogP contribution is 2.29. The monoisotopic (exact) mass is 360 g/mol. The van der Waals surface area contributed by atoms with Crippen LogP contribution in [0.5, 0.6) is 5.75 Å². The molecule has 25 heavy (non-hydrogen) atoms. The Balaban J connectivity index is 1.67. The quantitative estimate of drug-likeness (QED) is 0.880. The van der Waals surface area contributed by atoms with Crippen LogP contribution in [0, 0.1) is 0 Å². The lowest BCUT2D eigenvalue weighted by atomic mass is 10.2. The molecule has 0 radical (unpaired) electrons. The number of hydrogen-bond acceptors (Lipinski definition) is 4. The van der Waals surface area contributed by atoms with Gasteiger partial charge in [-0.1, -0.05) is 11.6 Å². The Bertz CT molecular complexity index is 728. The molecule has 1 saturated heterocycles. The second kappa shape index (κ2) is 8.23. The van der Waals surface area contributed by atoms with Gasteiger partial charge < -0.3 is 19.7 Å². The van der Waals surface area contributed by atoms with Crippen molar-refractivity contribution >= 4 is 28.9 Å². The number of anilines is 2. The van der Waals surface area contributed by atoms with E-state index in [1.807, 2.05) is 19.1 Å². The predicted molar refractivity (Wildman–Crippen MR) is 100 cm³/mol. The number of benzene rings is 2. The van der Waals surface area contributed by atoms with Gasteiger partial charge in [0.2, 0.25) is 0 Å². The van der Waals surface area contributed by atoms with Gasteiger partial charge in [-0.15, -0.1) is 0 Å². The highest BCUT2D eigenvalue weighted by molar-refractivity contribution is 6.33. The lowest BCUT2D eigenvalue weighted by molar-refractivity contribution is 0.102. The summed E-state index contributed by atoms with van der Waals surface area (Å²) in [6.45, 7) is 5.55. The van der Waals surface area contributed by atoms with Gasteiger partial charge >= 0.3 is 0 Å². The van der Waals surface area contributed by atoms with Gasteiger partial charge in [0.15, 0.2) is 0 Å². The number of nitrogens with zero attached hydrogens (tertiary/aromatic N) is 1. The first-order valence-electron chi connectivity index (χ1n) is 8.34. The van der Waals surface area contributed by atoms with Crippen LogP contribution in [0.3, 0.4) is 0 Å². The molecule has 2 aromatic carbocycles. The zero-order chi connectivity index (χ0) is 17.6. The maximum Gasteiger partial charge on any atom is 0.255 e. The molecule has 0 unspecified atom stereocenters. The van der Waals surface area contributed by atoms with Crippen LogP contribution in [-0.4, -0.2) is 38.8 Å². The van der Waals surface area contributed by atoms with Crippen LogP contribution < -0.4 is 15.0 Å². The molecule has 1 aliphatic heterocycles. The number of rotatable bonds is 5. The summed E-state index contributed by atoms with van der Waals surface area (Å²) in [7, 11) is 0. The topological polar surface area (TPSA) is 50.8 Å². The third kappa shape index (κ3) is 4.44. The standard InChI is InChI=1S/C19H21ClN2O3/c1-2-25-16-6-3-14(4-7-16)19(23)21-15-5-8-18(17(20)13-15)22-9-11-24-12-10-22/h3-8,13H,2,9-12H2,1H3,(H,21,23). The normalized spacial score (nSPS) is 14.2. The minimum absolute atomic E-state index is 0.182. The van der Waals surface area contributed by atoms with E-state index in [2.05, 4.69) is 10.2 Å². The third-order valence-electron chi connectivity index (χ3n) is 3.98. The fraction of sp³-hybridized carbons (Fsp3) is 0.316. The van der Waals surface area contributed by atoms with E-state index in [0.717, 1.165) is 24.5 Å². The highest BCUT2D eigenvalue weighted by atomic mass is 35.5. The SMILES string of the molecule is CCOc1ccc(C(=O)Nc2ccc(N3CCOCC3)c(Cl)c2)cc1. The minimum Gasteiger partial charge on any atom is -0.494 e. The summed E-state index contributed by atoms with van der Waals surface area (Å²) in [5.74, 6) is 0.565. The molecule has 6 heteroatoms. The zero-order valence-electron chi connectivity index (χ0n) is 14.1. The van der Waals surface area contributed by atoms with Gasteiger partial charge in [0.25, 0.3) is 5.91 Å². The Morgan fingerprint density at radius 3 is 2.56 bits per heavy atom. The molecule has 0 spiro atoms. The molecule has 1 aliphatic rings. The van der Waals surface area contributed by atoms with Gasteiger partial charge in [0.1, 0.15) is 5.75 Å². The van der Waals surface area contributed by atoms with Crippen molar-refractivity contribution in [2.24, 2.45) is 0 Å². The summed E-state index contributed by atoms with van der Waals surface area (Å²) in [6.07, 6.45) is 0. The van der Waals surface area contributed by atoms with E-state index >= 15 is 0 Å². The van der Waals surface area contributed by atoms with Crippen molar-refractivity contribution in [3.8, 4) is 5.75 Å². The zero-order valence-corrected chi connectivity index (χ0v) is 14.9. The molecule has 3 rings (SSSR count). The number of carbonyl (C=O) groups is 1. The highest BCUT2D eigenvalue weighted by Gasteiger charge is 2.15. The summed E-state index contributed by atoms with van der Waals surface area (Å²) < 4.78 is 10.7. The van der Waals surface area contributed by atoms with E-state index in [-0.39, 0.29) is 5.91 Å². The maximum atomic E-state index is 12.4. The van der Waals surface area contributed by atoms with E-state index in [9.17, 15) is 4.79 Å². The number of morpholine rings is 1. The third-order valence-corrected chi connectivity index (χ3v) is 4.29. The van der Waals surface area contributed by atoms with Crippen molar-refractivity contribution in [3.63, 3.8) is 0 Å². The van der Waals surface area contributed by atoms with E-state index in [1.54, 1.807) is 30.3 Å². The Kier molecular flexibility index (Phi) is 5.79. The van der Waals surface area contributed by atoms with E-state index in [0.29, 0.717) is 36.1 Å². The van der Waals surface area contributed by atoms with Gasteiger partial charge in [0, 0.05) is 24.3 Å². The molecule has 132 valence electrons. The minimum atomic E-state index is -0.182. The van der Waals surface area contributed by atoms with Crippen molar-refractivity contribution in [2.75, 3.05) is 43.1 Å². The van der Waals surface area contributed by atoms with E-state index in [4.69, 9.17) is 21.1 Å². The summed E-state index contributed by atoms with van der Waals surface area (Å²) >= 11 is 6.40. The lowest BCUT2D eigenvalue weighted by Crippen LogP contribution is -2.36. The van der Waals surface area contributed by atoms with Crippen molar-refractivity contribution in [1.82, 2.24) is 0 Å². The summed E-state index contributed by atoms with van der Waals surface area (Å²) in [5, 5.41) is 3.49. The molecule has 1 amide bonds. The maximum absolute atomic E-state index is 12.4. The molecule has 0 aromatic heterocycles. The summed E-state index contributed by atoms with van der Waals surface area (Å²) in [6, 6.07) is 12.6. The number of nitrogens with one attached hydrogen (secondary N) is 1. The fourth-order valence-corrected chi connectivity index (χ4v) is 3.02. The summed E-state index contributed by atoms with van der Waals surface area (Å²) in [4.78, 5) is 14.5. The number of ether oxygens (including phenoxy) is 2. The van der Waals surface area contributed by atoms with Crippen LogP contribution in [0.1, 0.15) is 17.3 Å². The number of halogens is 1. The Morgan fingerprint density at radius 2 is 1.92 bits per heavy atom. The van der Waals surface area contributed by atoms with Crippen LogP contribution in [0.4, 0.5) is 11.4 Å². The molecule has 2 aromatic rings. The van der Waals surface area contributed by atoms with Crippen molar-refractivity contribution in [2.45, 2.75) is 6.92 Å². The molecule has 0 saturated carbocycles. The number of amides is 1. The average molecular weight is 361 g/mol. The predicted octanol–water partition coefficient (Wildman–Crippen LogP) is 3.83. The molecular weight excluding hydrogens is 340 g/mol. The fourth-order valence-electron chi connectivity index (χ4n) is 2.72. The Labute approximate surface area is 152 Å². The smallest absolute Gasteiger partial charge is 0.255 e. The Morgan fingerprint density at radius 1 is 1.20 bits per heavy atom. The average Bonchev–Trinajstić information content (AvgIpc) is 2.63. The van der Waals surface area contributed by atoms with Gasteiger partial charge in [-0.2, -0.15) is 0 Å². The molecule has 1 heterocycles. The molecular formula is C19H21ClN2O3. The number of hydrogen-bond donors (Lipinski definition) is 1. The van der Waals surface area contributed by atoms with Crippen LogP contribution in [0.15, 0.2) is 42.5 Å². The first-order valence-corrected chi connectivity index (χ1v) is 8.71. The number of carbonyl (C=O) groups excluding carboxylic acids is 1. The van der Waals surface area contributed by atoms with Crippen molar-refractivity contribution < 1.29 is 14.3 Å². The van der Waals surface area contributed by atoms with Crippen molar-refractivity contribution in [1.29, 1.82) is 0 Å². The van der Waals surface area contributed by atoms with Gasteiger partial charge in [-0.05, 0) is 49.4 Å². The Hall–Kier alpha value is -2.24. The van der Waals surface area contributed by atoms with E-state index < -0.39 is 0 Å². The molecule has 5 nitrogen and oxygen atoms in total. The molecule has 0 bridgehead atoms. The van der Waals surface area contributed by atoms with Gasteiger partial charge in [-0.3, -0.25) is 4.79 Å². The lowest BCUT2D eigenvalue weighted by Gasteiger charge is -2.29. The van der Waals surface area contributed by atoms with Gasteiger partial charge in [-0.25, -0.2) is 0 Å². The van der Waals surface area contributed by atoms with Crippen molar-refractivity contribution in [3.05, 3.63) is 53.1 Å².